The van der Waals surface area contributed by atoms with Crippen molar-refractivity contribution in [1.29, 1.82) is 0 Å². The van der Waals surface area contributed by atoms with Gasteiger partial charge in [-0.25, -0.2) is 8.78 Å². The Labute approximate surface area is 68.6 Å². The molecule has 1 N–H and O–H groups in total. The molecule has 0 aliphatic carbocycles. The lowest BCUT2D eigenvalue weighted by Gasteiger charge is -1.98. The molecule has 0 unspecified atom stereocenters. The highest BCUT2D eigenvalue weighted by Crippen LogP contribution is 2.17. The lowest BCUT2D eigenvalue weighted by Crippen LogP contribution is -2.05. The van der Waals surface area contributed by atoms with Gasteiger partial charge < -0.3 is 5.11 Å². The van der Waals surface area contributed by atoms with Gasteiger partial charge in [-0.1, -0.05) is 0 Å². The summed E-state index contributed by atoms with van der Waals surface area (Å²) in [5.41, 5.74) is 0.403. The van der Waals surface area contributed by atoms with Crippen molar-refractivity contribution in [3.8, 4) is 0 Å². The highest BCUT2D eigenvalue weighted by molar-refractivity contribution is 5.09. The van der Waals surface area contributed by atoms with E-state index in [1.807, 2.05) is 0 Å². The molecule has 0 aliphatic heterocycles. The Balaban J connectivity index is 2.85. The number of hydrogen-bond acceptors (Lipinski definition) is 2. The van der Waals surface area contributed by atoms with Crippen molar-refractivity contribution in [3.63, 3.8) is 0 Å². The molecule has 0 saturated heterocycles. The van der Waals surface area contributed by atoms with E-state index in [0.717, 1.165) is 0 Å². The smallest absolute Gasteiger partial charge is 0.282 e. The molecule has 1 heterocycles. The summed E-state index contributed by atoms with van der Waals surface area (Å²) in [7, 11) is 0. The maximum Gasteiger partial charge on any atom is 0.282 e. The first kappa shape index (κ1) is 9.12. The zero-order valence-corrected chi connectivity index (χ0v) is 6.67. The molecule has 3 nitrogen and oxygen atoms in total. The summed E-state index contributed by atoms with van der Waals surface area (Å²) in [6.07, 6.45) is -2.54. The molecule has 5 heteroatoms. The fourth-order valence-electron chi connectivity index (χ4n) is 0.963. The standard InChI is InChI=1S/C7H10F2N2O/c1-5-4-6(7(8)9)10-11(5)2-3-12/h4,7,12H,2-3H2,1H3. The van der Waals surface area contributed by atoms with E-state index in [-0.39, 0.29) is 18.8 Å². The maximum atomic E-state index is 12.1. The number of aliphatic hydroxyl groups excluding tert-OH is 1. The summed E-state index contributed by atoms with van der Waals surface area (Å²) in [6, 6.07) is 1.32. The zero-order chi connectivity index (χ0) is 9.14. The molecule has 1 aromatic rings. The molecule has 0 radical (unpaired) electrons. The number of rotatable bonds is 3. The van der Waals surface area contributed by atoms with Crippen LogP contribution in [0.1, 0.15) is 17.8 Å². The minimum Gasteiger partial charge on any atom is -0.394 e. The monoisotopic (exact) mass is 176 g/mol. The van der Waals surface area contributed by atoms with Crippen LogP contribution < -0.4 is 0 Å². The van der Waals surface area contributed by atoms with Gasteiger partial charge in [-0.2, -0.15) is 5.10 Å². The van der Waals surface area contributed by atoms with Gasteiger partial charge in [-0.15, -0.1) is 0 Å². The minimum absolute atomic E-state index is 0.0921. The van der Waals surface area contributed by atoms with Gasteiger partial charge in [-0.3, -0.25) is 4.68 Å². The van der Waals surface area contributed by atoms with Crippen LogP contribution in [0, 0.1) is 6.92 Å². The molecule has 0 atom stereocenters. The SMILES string of the molecule is Cc1cc(C(F)F)nn1CCO. The average Bonchev–Trinajstić information content (AvgIpc) is 2.34. The third kappa shape index (κ3) is 1.79. The second kappa shape index (κ2) is 3.62. The Morgan fingerprint density at radius 3 is 2.75 bits per heavy atom. The Kier molecular flexibility index (Phi) is 2.75. The number of hydrogen-bond donors (Lipinski definition) is 1. The number of halogens is 2. The molecule has 0 amide bonds. The van der Waals surface area contributed by atoms with Crippen molar-refractivity contribution in [2.24, 2.45) is 0 Å². The lowest BCUT2D eigenvalue weighted by atomic mass is 10.4. The van der Waals surface area contributed by atoms with Gasteiger partial charge in [0.05, 0.1) is 13.2 Å². The maximum absolute atomic E-state index is 12.1. The molecule has 68 valence electrons. The Bertz CT molecular complexity index is 260. The van der Waals surface area contributed by atoms with Gasteiger partial charge in [0.15, 0.2) is 0 Å². The quantitative estimate of drug-likeness (QED) is 0.749. The molecule has 0 saturated carbocycles. The number of alkyl halides is 2. The molecule has 0 bridgehead atoms. The highest BCUT2D eigenvalue weighted by Gasteiger charge is 2.12. The summed E-state index contributed by atoms with van der Waals surface area (Å²) in [5.74, 6) is 0. The van der Waals surface area contributed by atoms with Crippen LogP contribution in [0.5, 0.6) is 0 Å². The molecule has 0 spiro atoms. The first-order valence-electron chi connectivity index (χ1n) is 3.58. The third-order valence-corrected chi connectivity index (χ3v) is 1.54. The van der Waals surface area contributed by atoms with E-state index >= 15 is 0 Å². The van der Waals surface area contributed by atoms with Crippen LogP contribution in [0.3, 0.4) is 0 Å². The summed E-state index contributed by atoms with van der Waals surface area (Å²) in [6.45, 7) is 1.85. The van der Waals surface area contributed by atoms with Gasteiger partial charge in [0.25, 0.3) is 6.43 Å². The van der Waals surface area contributed by atoms with Gasteiger partial charge in [0.2, 0.25) is 0 Å². The van der Waals surface area contributed by atoms with Crippen molar-refractivity contribution < 1.29 is 13.9 Å². The van der Waals surface area contributed by atoms with Crippen molar-refractivity contribution in [3.05, 3.63) is 17.5 Å². The average molecular weight is 176 g/mol. The summed E-state index contributed by atoms with van der Waals surface area (Å²) >= 11 is 0. The van der Waals surface area contributed by atoms with E-state index in [0.29, 0.717) is 5.69 Å². The van der Waals surface area contributed by atoms with Crippen molar-refractivity contribution in [2.45, 2.75) is 19.9 Å². The molecular weight excluding hydrogens is 166 g/mol. The van der Waals surface area contributed by atoms with E-state index in [9.17, 15) is 8.78 Å². The van der Waals surface area contributed by atoms with E-state index in [4.69, 9.17) is 5.11 Å². The van der Waals surface area contributed by atoms with Crippen molar-refractivity contribution in [1.82, 2.24) is 9.78 Å². The second-order valence-electron chi connectivity index (χ2n) is 2.46. The van der Waals surface area contributed by atoms with Crippen LogP contribution in [0.4, 0.5) is 8.78 Å². The van der Waals surface area contributed by atoms with Gasteiger partial charge in [0, 0.05) is 5.69 Å². The lowest BCUT2D eigenvalue weighted by molar-refractivity contribution is 0.144. The van der Waals surface area contributed by atoms with Gasteiger partial charge in [0.1, 0.15) is 5.69 Å². The van der Waals surface area contributed by atoms with Crippen LogP contribution >= 0.6 is 0 Å². The third-order valence-electron chi connectivity index (χ3n) is 1.54. The van der Waals surface area contributed by atoms with Crippen LogP contribution in [0.15, 0.2) is 6.07 Å². The summed E-state index contributed by atoms with van der Waals surface area (Å²) in [4.78, 5) is 0. The Morgan fingerprint density at radius 2 is 2.33 bits per heavy atom. The van der Waals surface area contributed by atoms with E-state index in [1.54, 1.807) is 6.92 Å². The summed E-state index contributed by atoms with van der Waals surface area (Å²) in [5, 5.41) is 12.1. The minimum atomic E-state index is -2.54. The van der Waals surface area contributed by atoms with E-state index in [2.05, 4.69) is 5.10 Å². The Morgan fingerprint density at radius 1 is 1.67 bits per heavy atom. The molecule has 1 aromatic heterocycles. The fourth-order valence-corrected chi connectivity index (χ4v) is 0.963. The van der Waals surface area contributed by atoms with Crippen LogP contribution in [-0.2, 0) is 6.54 Å². The largest absolute Gasteiger partial charge is 0.394 e. The van der Waals surface area contributed by atoms with Crippen molar-refractivity contribution >= 4 is 0 Å². The highest BCUT2D eigenvalue weighted by atomic mass is 19.3. The molecule has 1 rings (SSSR count). The molecule has 0 aliphatic rings. The normalized spacial score (nSPS) is 11.1. The predicted molar refractivity (Wildman–Crippen MR) is 39.0 cm³/mol. The van der Waals surface area contributed by atoms with Crippen molar-refractivity contribution in [2.75, 3.05) is 6.61 Å². The van der Waals surface area contributed by atoms with Crippen LogP contribution in [0.2, 0.25) is 0 Å². The van der Waals surface area contributed by atoms with Crippen LogP contribution in [-0.4, -0.2) is 21.5 Å². The van der Waals surface area contributed by atoms with E-state index < -0.39 is 6.43 Å². The Hall–Kier alpha value is -0.970. The predicted octanol–water partition coefficient (Wildman–Crippen LogP) is 1.12. The van der Waals surface area contributed by atoms with Gasteiger partial charge in [-0.05, 0) is 13.0 Å². The number of aryl methyl sites for hydroxylation is 1. The number of nitrogens with zero attached hydrogens (tertiary/aromatic N) is 2. The van der Waals surface area contributed by atoms with Crippen LogP contribution in [0.25, 0.3) is 0 Å². The first-order chi connectivity index (χ1) is 5.65. The molecule has 0 aromatic carbocycles. The summed E-state index contributed by atoms with van der Waals surface area (Å²) < 4.78 is 25.5. The number of aliphatic hydroxyl groups is 1. The fraction of sp³-hybridized carbons (Fsp3) is 0.571. The first-order valence-corrected chi connectivity index (χ1v) is 3.58. The molecule has 0 fully saturated rings. The molecule has 12 heavy (non-hydrogen) atoms. The molecular formula is C7H10F2N2O. The zero-order valence-electron chi connectivity index (χ0n) is 6.67. The van der Waals surface area contributed by atoms with E-state index in [1.165, 1.54) is 10.7 Å². The topological polar surface area (TPSA) is 38.0 Å². The number of aromatic nitrogens is 2. The second-order valence-corrected chi connectivity index (χ2v) is 2.46. The van der Waals surface area contributed by atoms with Gasteiger partial charge >= 0.3 is 0 Å².